The first-order chi connectivity index (χ1) is 6.07. The van der Waals surface area contributed by atoms with Crippen LogP contribution in [-0.2, 0) is 4.74 Å². The molecule has 2 radical (unpaired) electrons. The van der Waals surface area contributed by atoms with Gasteiger partial charge in [0.25, 0.3) is 0 Å². The second kappa shape index (κ2) is 3.99. The van der Waals surface area contributed by atoms with Gasteiger partial charge < -0.3 is 14.9 Å². The molecule has 3 nitrogen and oxygen atoms in total. The minimum atomic E-state index is -0.631. The Balaban J connectivity index is 2.76. The van der Waals surface area contributed by atoms with E-state index in [9.17, 15) is 5.11 Å². The molecule has 13 heavy (non-hydrogen) atoms. The highest BCUT2D eigenvalue weighted by atomic mass is 16.5. The lowest BCUT2D eigenvalue weighted by atomic mass is 9.76. The molecule has 1 saturated heterocycles. The largest absolute Gasteiger partial charge is 0.396 e. The average Bonchev–Trinajstić information content (AvgIpc) is 2.32. The zero-order chi connectivity index (χ0) is 10.1. The normalized spacial score (nSPS) is 45.4. The standard InChI is InChI=1S/C9H17BO3/c1-6-7(2)9(5-12,3-4-11)13-8(6)10/h6-8,11-12H,3-5H2,1-2H3. The van der Waals surface area contributed by atoms with E-state index in [4.69, 9.17) is 17.7 Å². The molecule has 0 aromatic heterocycles. The van der Waals surface area contributed by atoms with Gasteiger partial charge in [0.15, 0.2) is 0 Å². The van der Waals surface area contributed by atoms with E-state index in [1.807, 2.05) is 13.8 Å². The van der Waals surface area contributed by atoms with E-state index in [0.717, 1.165) is 0 Å². The van der Waals surface area contributed by atoms with Crippen LogP contribution in [0.5, 0.6) is 0 Å². The molecule has 0 aromatic rings. The summed E-state index contributed by atoms with van der Waals surface area (Å²) in [4.78, 5) is 0. The van der Waals surface area contributed by atoms with Gasteiger partial charge in [0.2, 0.25) is 0 Å². The van der Waals surface area contributed by atoms with Crippen molar-refractivity contribution in [3.05, 3.63) is 0 Å². The highest BCUT2D eigenvalue weighted by Gasteiger charge is 2.47. The van der Waals surface area contributed by atoms with E-state index in [-0.39, 0.29) is 31.1 Å². The van der Waals surface area contributed by atoms with Gasteiger partial charge in [-0.25, -0.2) is 0 Å². The molecule has 0 aliphatic carbocycles. The Morgan fingerprint density at radius 2 is 2.00 bits per heavy atom. The summed E-state index contributed by atoms with van der Waals surface area (Å²) in [6.45, 7) is 3.95. The molecule has 2 N–H and O–H groups in total. The molecule has 1 fully saturated rings. The molecule has 4 atom stereocenters. The third-order valence-electron chi connectivity index (χ3n) is 3.31. The molecular formula is C9H17BO3. The first-order valence-corrected chi connectivity index (χ1v) is 4.72. The van der Waals surface area contributed by atoms with Gasteiger partial charge >= 0.3 is 0 Å². The average molecular weight is 184 g/mol. The maximum atomic E-state index is 9.26. The highest BCUT2D eigenvalue weighted by molar-refractivity contribution is 6.11. The van der Waals surface area contributed by atoms with Crippen LogP contribution in [0.25, 0.3) is 0 Å². The Bertz CT molecular complexity index is 176. The number of hydrogen-bond donors (Lipinski definition) is 2. The van der Waals surface area contributed by atoms with E-state index in [0.29, 0.717) is 6.42 Å². The van der Waals surface area contributed by atoms with E-state index in [1.165, 1.54) is 0 Å². The van der Waals surface area contributed by atoms with Crippen LogP contribution in [-0.4, -0.2) is 42.9 Å². The third-order valence-corrected chi connectivity index (χ3v) is 3.31. The number of ether oxygens (including phenoxy) is 1. The summed E-state index contributed by atoms with van der Waals surface area (Å²) in [6, 6.07) is -0.325. The molecule has 4 unspecified atom stereocenters. The first kappa shape index (κ1) is 11.0. The molecule has 74 valence electrons. The van der Waals surface area contributed by atoms with Gasteiger partial charge in [-0.15, -0.1) is 0 Å². The van der Waals surface area contributed by atoms with Crippen molar-refractivity contribution in [2.45, 2.75) is 31.9 Å². The zero-order valence-corrected chi connectivity index (χ0v) is 8.23. The summed E-state index contributed by atoms with van der Waals surface area (Å²) in [5.41, 5.74) is -0.631. The van der Waals surface area contributed by atoms with Crippen LogP contribution in [0.15, 0.2) is 0 Å². The smallest absolute Gasteiger partial charge is 0.109 e. The lowest BCUT2D eigenvalue weighted by Crippen LogP contribution is -2.40. The molecule has 0 spiro atoms. The molecule has 1 aliphatic rings. The van der Waals surface area contributed by atoms with Crippen LogP contribution in [0.3, 0.4) is 0 Å². The number of aliphatic hydroxyl groups excluding tert-OH is 2. The van der Waals surface area contributed by atoms with Crippen molar-refractivity contribution in [3.8, 4) is 0 Å². The molecule has 1 rings (SSSR count). The van der Waals surface area contributed by atoms with Crippen molar-refractivity contribution in [1.82, 2.24) is 0 Å². The Kier molecular flexibility index (Phi) is 3.38. The molecule has 0 amide bonds. The molecule has 1 heterocycles. The van der Waals surface area contributed by atoms with E-state index in [2.05, 4.69) is 0 Å². The van der Waals surface area contributed by atoms with Gasteiger partial charge in [0.1, 0.15) is 7.85 Å². The van der Waals surface area contributed by atoms with Crippen molar-refractivity contribution in [2.75, 3.05) is 13.2 Å². The summed E-state index contributed by atoms with van der Waals surface area (Å²) in [5.74, 6) is 0.401. The Morgan fingerprint density at radius 1 is 1.38 bits per heavy atom. The van der Waals surface area contributed by atoms with Crippen LogP contribution in [0, 0.1) is 11.8 Å². The molecular weight excluding hydrogens is 167 g/mol. The molecule has 0 aromatic carbocycles. The van der Waals surface area contributed by atoms with Crippen LogP contribution >= 0.6 is 0 Å². The summed E-state index contributed by atoms with van der Waals surface area (Å²) < 4.78 is 5.53. The zero-order valence-electron chi connectivity index (χ0n) is 8.23. The summed E-state index contributed by atoms with van der Waals surface area (Å²) in [6.07, 6.45) is 0.447. The predicted octanol–water partition coefficient (Wildman–Crippen LogP) is -0.103. The van der Waals surface area contributed by atoms with Crippen molar-refractivity contribution >= 4 is 7.85 Å². The summed E-state index contributed by atoms with van der Waals surface area (Å²) >= 11 is 0. The fourth-order valence-corrected chi connectivity index (χ4v) is 1.99. The summed E-state index contributed by atoms with van der Waals surface area (Å²) in [5, 5.41) is 18.1. The minimum absolute atomic E-state index is 0.0182. The van der Waals surface area contributed by atoms with Crippen LogP contribution in [0.4, 0.5) is 0 Å². The molecule has 4 heteroatoms. The quantitative estimate of drug-likeness (QED) is 0.602. The predicted molar refractivity (Wildman–Crippen MR) is 50.5 cm³/mol. The van der Waals surface area contributed by atoms with Gasteiger partial charge in [0, 0.05) is 19.0 Å². The van der Waals surface area contributed by atoms with Crippen LogP contribution in [0.1, 0.15) is 20.3 Å². The number of hydrogen-bond acceptors (Lipinski definition) is 3. The third kappa shape index (κ3) is 1.76. The fraction of sp³-hybridized carbons (Fsp3) is 1.00. The lowest BCUT2D eigenvalue weighted by Gasteiger charge is -2.31. The van der Waals surface area contributed by atoms with Crippen molar-refractivity contribution < 1.29 is 14.9 Å². The molecule has 0 saturated carbocycles. The van der Waals surface area contributed by atoms with Crippen molar-refractivity contribution in [2.24, 2.45) is 11.8 Å². The SMILES string of the molecule is [B]C1OC(CO)(CCO)C(C)C1C. The van der Waals surface area contributed by atoms with E-state index in [1.54, 1.807) is 0 Å². The number of rotatable bonds is 3. The molecule has 1 aliphatic heterocycles. The number of aliphatic hydroxyl groups is 2. The maximum Gasteiger partial charge on any atom is 0.109 e. The summed E-state index contributed by atoms with van der Waals surface area (Å²) in [7, 11) is 5.74. The monoisotopic (exact) mass is 184 g/mol. The maximum absolute atomic E-state index is 9.26. The highest BCUT2D eigenvalue weighted by Crippen LogP contribution is 2.41. The Hall–Kier alpha value is -0.0551. The second-order valence-corrected chi connectivity index (χ2v) is 3.93. The Morgan fingerprint density at radius 3 is 2.31 bits per heavy atom. The van der Waals surface area contributed by atoms with Crippen LogP contribution in [0.2, 0.25) is 0 Å². The topological polar surface area (TPSA) is 49.7 Å². The van der Waals surface area contributed by atoms with Gasteiger partial charge in [-0.2, -0.15) is 0 Å². The van der Waals surface area contributed by atoms with Gasteiger partial charge in [0.05, 0.1) is 12.2 Å². The second-order valence-electron chi connectivity index (χ2n) is 3.93. The van der Waals surface area contributed by atoms with Crippen molar-refractivity contribution in [1.29, 1.82) is 0 Å². The lowest BCUT2D eigenvalue weighted by molar-refractivity contribution is -0.0812. The van der Waals surface area contributed by atoms with Gasteiger partial charge in [-0.05, 0) is 11.8 Å². The van der Waals surface area contributed by atoms with Gasteiger partial charge in [-0.1, -0.05) is 13.8 Å². The fourth-order valence-electron chi connectivity index (χ4n) is 1.99. The van der Waals surface area contributed by atoms with Gasteiger partial charge in [-0.3, -0.25) is 0 Å². The van der Waals surface area contributed by atoms with Crippen molar-refractivity contribution in [3.63, 3.8) is 0 Å². The Labute approximate surface area is 80.5 Å². The first-order valence-electron chi connectivity index (χ1n) is 4.72. The molecule has 0 bridgehead atoms. The van der Waals surface area contributed by atoms with E-state index < -0.39 is 5.60 Å². The van der Waals surface area contributed by atoms with E-state index >= 15 is 0 Å². The van der Waals surface area contributed by atoms with Crippen LogP contribution < -0.4 is 0 Å². The minimum Gasteiger partial charge on any atom is -0.396 e.